The summed E-state index contributed by atoms with van der Waals surface area (Å²) in [5.41, 5.74) is 0.566. The summed E-state index contributed by atoms with van der Waals surface area (Å²) in [6.45, 7) is 7.06. The van der Waals surface area contributed by atoms with E-state index in [1.165, 1.54) is 53.4 Å². The summed E-state index contributed by atoms with van der Waals surface area (Å²) in [6, 6.07) is 6.71. The van der Waals surface area contributed by atoms with Gasteiger partial charge in [-0.05, 0) is 82.5 Å². The Hall–Kier alpha value is -2.07. The molecule has 2 fully saturated rings. The van der Waals surface area contributed by atoms with Gasteiger partial charge in [0.25, 0.3) is 5.91 Å². The third kappa shape index (κ3) is 9.02. The number of carbonyl (C=O) groups is 3. The van der Waals surface area contributed by atoms with Gasteiger partial charge >= 0.3 is 6.09 Å². The first-order chi connectivity index (χ1) is 17.6. The molecule has 3 amide bonds. The van der Waals surface area contributed by atoms with E-state index in [0.29, 0.717) is 17.5 Å². The van der Waals surface area contributed by atoms with E-state index in [2.05, 4.69) is 22.2 Å². The largest absolute Gasteiger partial charge is 0.497 e. The molecule has 2 aliphatic rings. The van der Waals surface area contributed by atoms with Gasteiger partial charge in [0.15, 0.2) is 0 Å². The number of nitrogens with zero attached hydrogens (tertiary/aromatic N) is 1. The van der Waals surface area contributed by atoms with Crippen molar-refractivity contribution in [3.8, 4) is 5.75 Å². The Morgan fingerprint density at radius 2 is 1.81 bits per heavy atom. The summed E-state index contributed by atoms with van der Waals surface area (Å²) in [6.07, 6.45) is 6.37. The summed E-state index contributed by atoms with van der Waals surface area (Å²) < 4.78 is 13.7. The zero-order valence-electron chi connectivity index (χ0n) is 22.6. The second kappa shape index (κ2) is 13.6. The van der Waals surface area contributed by atoms with Crippen LogP contribution in [0.5, 0.6) is 5.75 Å². The van der Waals surface area contributed by atoms with Gasteiger partial charge in [0, 0.05) is 11.0 Å². The van der Waals surface area contributed by atoms with Crippen molar-refractivity contribution < 1.29 is 23.9 Å². The number of rotatable bonds is 9. The van der Waals surface area contributed by atoms with Crippen LogP contribution >= 0.6 is 23.7 Å². The number of nitrogens with one attached hydrogen (secondary N) is 2. The van der Waals surface area contributed by atoms with Gasteiger partial charge in [-0.2, -0.15) is 0 Å². The van der Waals surface area contributed by atoms with Gasteiger partial charge in [0.05, 0.1) is 13.0 Å². The molecule has 37 heavy (non-hydrogen) atoms. The highest BCUT2D eigenvalue weighted by Crippen LogP contribution is 2.34. The van der Waals surface area contributed by atoms with Crippen LogP contribution in [0.4, 0.5) is 4.79 Å². The van der Waals surface area contributed by atoms with E-state index in [1.54, 1.807) is 34.8 Å². The number of benzene rings is 1. The van der Waals surface area contributed by atoms with Gasteiger partial charge < -0.3 is 14.8 Å². The summed E-state index contributed by atoms with van der Waals surface area (Å²) in [7, 11) is 1.66. The molecule has 1 aliphatic heterocycles. The van der Waals surface area contributed by atoms with Crippen LogP contribution in [0.2, 0.25) is 0 Å². The molecule has 3 atom stereocenters. The summed E-state index contributed by atoms with van der Waals surface area (Å²) in [4.78, 5) is 39.9. The second-order valence-corrected chi connectivity index (χ2v) is 12.8. The molecule has 1 heterocycles. The molecule has 1 aromatic carbocycles. The second-order valence-electron chi connectivity index (χ2n) is 10.8. The molecule has 3 rings (SSSR count). The van der Waals surface area contributed by atoms with Crippen molar-refractivity contribution in [1.82, 2.24) is 14.9 Å². The van der Waals surface area contributed by atoms with Crippen LogP contribution in [0.25, 0.3) is 0 Å². The van der Waals surface area contributed by atoms with Crippen molar-refractivity contribution >= 4 is 41.6 Å². The molecule has 0 radical (unpaired) electrons. The van der Waals surface area contributed by atoms with Crippen molar-refractivity contribution in [3.05, 3.63) is 29.8 Å². The molecule has 1 saturated heterocycles. The van der Waals surface area contributed by atoms with Crippen molar-refractivity contribution in [1.29, 1.82) is 0 Å². The Morgan fingerprint density at radius 3 is 2.43 bits per heavy atom. The van der Waals surface area contributed by atoms with Crippen molar-refractivity contribution in [2.75, 3.05) is 18.7 Å². The summed E-state index contributed by atoms with van der Waals surface area (Å²) in [5.74, 6) is 1.63. The molecule has 1 aliphatic carbocycles. The molecule has 1 unspecified atom stereocenters. The molecule has 1 aromatic rings. The number of ether oxygens (including phenoxy) is 2. The van der Waals surface area contributed by atoms with Crippen LogP contribution < -0.4 is 14.8 Å². The molecular weight excluding hydrogens is 510 g/mol. The smallest absolute Gasteiger partial charge is 0.411 e. The van der Waals surface area contributed by atoms with Gasteiger partial charge in [-0.15, -0.1) is 11.8 Å². The first-order valence-corrected chi connectivity index (χ1v) is 15.1. The SMILES string of the molecule is COc1ccc(CC(SNC(=O)[C@H](C)NC(=O)[C@H]2CSCN2C(=O)OC(C)(C)C)C2CCCCC2)cc1. The van der Waals surface area contributed by atoms with E-state index < -0.39 is 23.8 Å². The number of hydrogen-bond donors (Lipinski definition) is 2. The highest BCUT2D eigenvalue weighted by Gasteiger charge is 2.38. The fourth-order valence-corrected chi connectivity index (χ4v) is 6.89. The molecule has 8 nitrogen and oxygen atoms in total. The molecular formula is C27H41N3O5S2. The molecule has 0 aromatic heterocycles. The zero-order chi connectivity index (χ0) is 27.0. The minimum Gasteiger partial charge on any atom is -0.497 e. The lowest BCUT2D eigenvalue weighted by Crippen LogP contribution is -2.53. The fraction of sp³-hybridized carbons (Fsp3) is 0.667. The lowest BCUT2D eigenvalue weighted by Gasteiger charge is -2.30. The number of thioether (sulfide) groups is 1. The van der Waals surface area contributed by atoms with Crippen molar-refractivity contribution in [3.63, 3.8) is 0 Å². The molecule has 2 N–H and O–H groups in total. The molecule has 1 saturated carbocycles. The number of hydrogen-bond acceptors (Lipinski definition) is 7. The van der Waals surface area contributed by atoms with Crippen molar-refractivity contribution in [2.24, 2.45) is 5.92 Å². The molecule has 0 bridgehead atoms. The van der Waals surface area contributed by atoms with Crippen LogP contribution in [-0.4, -0.2) is 64.5 Å². The minimum absolute atomic E-state index is 0.245. The first kappa shape index (κ1) is 29.5. The quantitative estimate of drug-likeness (QED) is 0.427. The van der Waals surface area contributed by atoms with E-state index in [0.717, 1.165) is 25.0 Å². The zero-order valence-corrected chi connectivity index (χ0v) is 24.2. The number of amides is 3. The highest BCUT2D eigenvalue weighted by molar-refractivity contribution is 7.99. The van der Waals surface area contributed by atoms with Gasteiger partial charge in [-0.3, -0.25) is 19.2 Å². The monoisotopic (exact) mass is 551 g/mol. The predicted octanol–water partition coefficient (Wildman–Crippen LogP) is 4.77. The van der Waals surface area contributed by atoms with E-state index in [-0.39, 0.29) is 17.1 Å². The maximum absolute atomic E-state index is 12.9. The van der Waals surface area contributed by atoms with E-state index in [9.17, 15) is 14.4 Å². The first-order valence-electron chi connectivity index (χ1n) is 13.0. The lowest BCUT2D eigenvalue weighted by atomic mass is 9.85. The van der Waals surface area contributed by atoms with E-state index in [4.69, 9.17) is 9.47 Å². The van der Waals surface area contributed by atoms with Crippen LogP contribution in [0.15, 0.2) is 24.3 Å². The molecule has 206 valence electrons. The Morgan fingerprint density at radius 1 is 1.14 bits per heavy atom. The van der Waals surface area contributed by atoms with Crippen LogP contribution in [-0.2, 0) is 20.7 Å². The topological polar surface area (TPSA) is 97.0 Å². The maximum atomic E-state index is 12.9. The number of carbonyl (C=O) groups excluding carboxylic acids is 3. The van der Waals surface area contributed by atoms with Gasteiger partial charge in [0.1, 0.15) is 23.4 Å². The maximum Gasteiger partial charge on any atom is 0.411 e. The Bertz CT molecular complexity index is 916. The van der Waals surface area contributed by atoms with E-state index in [1.807, 2.05) is 12.1 Å². The average molecular weight is 552 g/mol. The minimum atomic E-state index is -0.723. The van der Waals surface area contributed by atoms with Crippen LogP contribution in [0, 0.1) is 5.92 Å². The van der Waals surface area contributed by atoms with Crippen LogP contribution in [0.1, 0.15) is 65.4 Å². The Labute approximate surface area is 229 Å². The summed E-state index contributed by atoms with van der Waals surface area (Å²) >= 11 is 2.96. The van der Waals surface area contributed by atoms with Crippen LogP contribution in [0.3, 0.4) is 0 Å². The van der Waals surface area contributed by atoms with E-state index >= 15 is 0 Å². The van der Waals surface area contributed by atoms with Crippen molar-refractivity contribution in [2.45, 2.75) is 89.2 Å². The van der Waals surface area contributed by atoms with Gasteiger partial charge in [-0.1, -0.05) is 31.4 Å². The number of methoxy groups -OCH3 is 1. The lowest BCUT2D eigenvalue weighted by molar-refractivity contribution is -0.130. The van der Waals surface area contributed by atoms with Gasteiger partial charge in [0.2, 0.25) is 5.91 Å². The van der Waals surface area contributed by atoms with Gasteiger partial charge in [-0.25, -0.2) is 4.79 Å². The normalized spacial score (nSPS) is 20.1. The average Bonchev–Trinajstić information content (AvgIpc) is 3.37. The standard InChI is InChI=1S/C27H41N3O5S2/c1-18(28-25(32)22-16-36-17-30(22)26(33)35-27(2,3)4)24(31)29-37-23(20-9-7-6-8-10-20)15-19-11-13-21(34-5)14-12-19/h11-14,18,20,22-23H,6-10,15-17H2,1-5H3,(H,28,32)(H,29,31)/t18-,22+,23?/m0/s1. The third-order valence-corrected chi connectivity index (χ3v) is 8.83. The Kier molecular flexibility index (Phi) is 10.9. The molecule has 10 heteroatoms. The summed E-state index contributed by atoms with van der Waals surface area (Å²) in [5, 5.41) is 3.04. The predicted molar refractivity (Wildman–Crippen MR) is 150 cm³/mol. The Balaban J connectivity index is 1.55. The fourth-order valence-electron chi connectivity index (χ4n) is 4.56. The highest BCUT2D eigenvalue weighted by atomic mass is 32.2. The third-order valence-electron chi connectivity index (χ3n) is 6.65. The molecule has 0 spiro atoms.